The topological polar surface area (TPSA) is 49.4 Å². The van der Waals surface area contributed by atoms with Gasteiger partial charge in [-0.3, -0.25) is 9.59 Å². The number of hydrogen-bond donors (Lipinski definition) is 1. The molecule has 2 rings (SSSR count). The highest BCUT2D eigenvalue weighted by Crippen LogP contribution is 2.22. The Balaban J connectivity index is 2.24. The first-order valence-corrected chi connectivity index (χ1v) is 6.28. The van der Waals surface area contributed by atoms with Crippen molar-refractivity contribution in [1.29, 1.82) is 0 Å². The van der Waals surface area contributed by atoms with Gasteiger partial charge in [0.15, 0.2) is 0 Å². The minimum atomic E-state index is -0.180. The van der Waals surface area contributed by atoms with E-state index in [1.165, 1.54) is 0 Å². The van der Waals surface area contributed by atoms with Crippen LogP contribution < -0.4 is 5.32 Å². The van der Waals surface area contributed by atoms with Gasteiger partial charge < -0.3 is 10.2 Å². The molecule has 1 aromatic rings. The molecule has 0 bridgehead atoms. The van der Waals surface area contributed by atoms with E-state index in [2.05, 4.69) is 5.32 Å². The van der Waals surface area contributed by atoms with E-state index in [-0.39, 0.29) is 18.4 Å². The Morgan fingerprint density at radius 1 is 1.44 bits per heavy atom. The second kappa shape index (κ2) is 5.40. The van der Waals surface area contributed by atoms with Gasteiger partial charge in [0.2, 0.25) is 5.91 Å². The Kier molecular flexibility index (Phi) is 3.87. The highest BCUT2D eigenvalue weighted by molar-refractivity contribution is 6.34. The van der Waals surface area contributed by atoms with Crippen LogP contribution in [0.2, 0.25) is 5.02 Å². The fraction of sp³-hybridized carbons (Fsp3) is 0.385. The van der Waals surface area contributed by atoms with Crippen molar-refractivity contribution < 1.29 is 9.59 Å². The quantitative estimate of drug-likeness (QED) is 0.840. The summed E-state index contributed by atoms with van der Waals surface area (Å²) in [4.78, 5) is 25.3. The lowest BCUT2D eigenvalue weighted by Crippen LogP contribution is -2.37. The third-order valence-corrected chi connectivity index (χ3v) is 3.47. The summed E-state index contributed by atoms with van der Waals surface area (Å²) in [5.74, 6) is -0.301. The van der Waals surface area contributed by atoms with Gasteiger partial charge in [0.05, 0.1) is 17.1 Å². The van der Waals surface area contributed by atoms with E-state index in [4.69, 9.17) is 11.6 Å². The van der Waals surface area contributed by atoms with Gasteiger partial charge in [-0.25, -0.2) is 0 Å². The normalized spacial score (nSPS) is 16.1. The lowest BCUT2D eigenvalue weighted by molar-refractivity contribution is -0.121. The number of nitrogens with zero attached hydrogens (tertiary/aromatic N) is 1. The predicted octanol–water partition coefficient (Wildman–Crippen LogP) is 1.61. The molecule has 1 saturated heterocycles. The summed E-state index contributed by atoms with van der Waals surface area (Å²) in [5, 5.41) is 3.21. The lowest BCUT2D eigenvalue weighted by Gasteiger charge is -2.20. The highest BCUT2D eigenvalue weighted by Gasteiger charge is 2.22. The molecule has 0 atom stereocenters. The van der Waals surface area contributed by atoms with Gasteiger partial charge in [0.25, 0.3) is 5.91 Å². The zero-order valence-corrected chi connectivity index (χ0v) is 11.0. The van der Waals surface area contributed by atoms with Crippen molar-refractivity contribution in [2.75, 3.05) is 19.6 Å². The third kappa shape index (κ3) is 2.64. The molecule has 18 heavy (non-hydrogen) atoms. The molecule has 1 heterocycles. The van der Waals surface area contributed by atoms with Crippen LogP contribution in [0, 0.1) is 6.92 Å². The average Bonchev–Trinajstić information content (AvgIpc) is 2.56. The number of hydrogen-bond acceptors (Lipinski definition) is 2. The van der Waals surface area contributed by atoms with Crippen LogP contribution >= 0.6 is 11.6 Å². The number of halogens is 1. The van der Waals surface area contributed by atoms with E-state index in [1.54, 1.807) is 17.0 Å². The van der Waals surface area contributed by atoms with Crippen molar-refractivity contribution in [3.63, 3.8) is 0 Å². The van der Waals surface area contributed by atoms with Gasteiger partial charge in [-0.2, -0.15) is 0 Å². The van der Waals surface area contributed by atoms with Gasteiger partial charge in [0.1, 0.15) is 0 Å². The first kappa shape index (κ1) is 12.9. The maximum Gasteiger partial charge on any atom is 0.255 e. The minimum absolute atomic E-state index is 0.100. The Morgan fingerprint density at radius 2 is 2.22 bits per heavy atom. The summed E-state index contributed by atoms with van der Waals surface area (Å²) in [7, 11) is 0. The van der Waals surface area contributed by atoms with Crippen molar-refractivity contribution in [2.24, 2.45) is 0 Å². The number of amides is 2. The highest BCUT2D eigenvalue weighted by atomic mass is 35.5. The lowest BCUT2D eigenvalue weighted by atomic mass is 10.1. The van der Waals surface area contributed by atoms with Crippen LogP contribution in [-0.4, -0.2) is 36.3 Å². The summed E-state index contributed by atoms with van der Waals surface area (Å²) in [6, 6.07) is 5.35. The number of nitrogens with one attached hydrogen (secondary N) is 1. The van der Waals surface area contributed by atoms with Crippen molar-refractivity contribution in [2.45, 2.75) is 13.3 Å². The van der Waals surface area contributed by atoms with E-state index in [1.807, 2.05) is 13.0 Å². The molecule has 0 radical (unpaired) electrons. The van der Waals surface area contributed by atoms with Gasteiger partial charge in [-0.1, -0.05) is 23.7 Å². The van der Waals surface area contributed by atoms with Crippen molar-refractivity contribution in [3.05, 3.63) is 34.3 Å². The minimum Gasteiger partial charge on any atom is -0.354 e. The van der Waals surface area contributed by atoms with Crippen molar-refractivity contribution in [1.82, 2.24) is 10.2 Å². The molecule has 0 saturated carbocycles. The molecular weight excluding hydrogens is 252 g/mol. The summed E-state index contributed by atoms with van der Waals surface area (Å²) in [5.41, 5.74) is 1.33. The summed E-state index contributed by atoms with van der Waals surface area (Å²) >= 11 is 6.14. The SMILES string of the molecule is Cc1cccc(C(=O)N2CCCNC(=O)C2)c1Cl. The molecule has 4 nitrogen and oxygen atoms in total. The monoisotopic (exact) mass is 266 g/mol. The van der Waals surface area contributed by atoms with Crippen LogP contribution in [0.25, 0.3) is 0 Å². The van der Waals surface area contributed by atoms with Crippen LogP contribution in [0.4, 0.5) is 0 Å². The smallest absolute Gasteiger partial charge is 0.255 e. The van der Waals surface area contributed by atoms with Gasteiger partial charge in [-0.05, 0) is 25.0 Å². The third-order valence-electron chi connectivity index (χ3n) is 2.97. The number of carbonyl (C=O) groups is 2. The molecule has 1 aromatic carbocycles. The molecule has 1 aliphatic heterocycles. The standard InChI is InChI=1S/C13H15ClN2O2/c1-9-4-2-5-10(12(9)14)13(18)16-7-3-6-15-11(17)8-16/h2,4-5H,3,6-8H2,1H3,(H,15,17). The van der Waals surface area contributed by atoms with Crippen LogP contribution in [0.3, 0.4) is 0 Å². The molecule has 1 fully saturated rings. The molecule has 2 amide bonds. The van der Waals surface area contributed by atoms with Crippen LogP contribution in [0.1, 0.15) is 22.3 Å². The average molecular weight is 267 g/mol. The van der Waals surface area contributed by atoms with Crippen molar-refractivity contribution in [3.8, 4) is 0 Å². The van der Waals surface area contributed by atoms with Gasteiger partial charge >= 0.3 is 0 Å². The predicted molar refractivity (Wildman–Crippen MR) is 69.7 cm³/mol. The summed E-state index contributed by atoms with van der Waals surface area (Å²) in [6.07, 6.45) is 0.765. The van der Waals surface area contributed by atoms with E-state index >= 15 is 0 Å². The maximum atomic E-state index is 12.3. The number of benzene rings is 1. The maximum absolute atomic E-state index is 12.3. The second-order valence-corrected chi connectivity index (χ2v) is 4.74. The Morgan fingerprint density at radius 3 is 3.00 bits per heavy atom. The molecule has 0 aliphatic carbocycles. The zero-order valence-electron chi connectivity index (χ0n) is 10.2. The second-order valence-electron chi connectivity index (χ2n) is 4.37. The molecule has 5 heteroatoms. The van der Waals surface area contributed by atoms with Crippen LogP contribution in [0.5, 0.6) is 0 Å². The fourth-order valence-electron chi connectivity index (χ4n) is 1.96. The summed E-state index contributed by atoms with van der Waals surface area (Å²) in [6.45, 7) is 3.14. The summed E-state index contributed by atoms with van der Waals surface area (Å²) < 4.78 is 0. The van der Waals surface area contributed by atoms with E-state index in [0.717, 1.165) is 12.0 Å². The van der Waals surface area contributed by atoms with Gasteiger partial charge in [-0.15, -0.1) is 0 Å². The van der Waals surface area contributed by atoms with Crippen LogP contribution in [0.15, 0.2) is 18.2 Å². The fourth-order valence-corrected chi connectivity index (χ4v) is 2.17. The molecule has 1 aliphatic rings. The molecule has 1 N–H and O–H groups in total. The van der Waals surface area contributed by atoms with E-state index in [9.17, 15) is 9.59 Å². The number of carbonyl (C=O) groups excluding carboxylic acids is 2. The van der Waals surface area contributed by atoms with Gasteiger partial charge in [0, 0.05) is 13.1 Å². The first-order valence-electron chi connectivity index (χ1n) is 5.90. The zero-order chi connectivity index (χ0) is 13.1. The Bertz CT molecular complexity index is 488. The molecule has 0 aromatic heterocycles. The largest absolute Gasteiger partial charge is 0.354 e. The Labute approximate surface area is 111 Å². The van der Waals surface area contributed by atoms with Crippen molar-refractivity contribution >= 4 is 23.4 Å². The number of aryl methyl sites for hydroxylation is 1. The van der Waals surface area contributed by atoms with Crippen LogP contribution in [-0.2, 0) is 4.79 Å². The van der Waals surface area contributed by atoms with E-state index < -0.39 is 0 Å². The number of rotatable bonds is 1. The van der Waals surface area contributed by atoms with E-state index in [0.29, 0.717) is 23.7 Å². The Hall–Kier alpha value is -1.55. The molecule has 0 unspecified atom stereocenters. The molecule has 96 valence electrons. The first-order chi connectivity index (χ1) is 8.59. The molecular formula is C13H15ClN2O2. The molecule has 0 spiro atoms.